The zero-order valence-electron chi connectivity index (χ0n) is 30.6. The molecule has 0 aromatic heterocycles. The average molecular weight is 710 g/mol. The van der Waals surface area contributed by atoms with Gasteiger partial charge >= 0.3 is 0 Å². The SMILES string of the molecule is COc1ccc([Si](C)(C)[C@@H]2[C@@H](CC(=O)N3Cc4ccccc4C[C@H]3CO)O[C@]3(C(=O)N(C)c4ccc(N5CCCCCCC5=O)cc43)[C@H]2C)cc1. The molecule has 5 atom stereocenters. The van der Waals surface area contributed by atoms with Crippen molar-refractivity contribution in [1.29, 1.82) is 0 Å². The van der Waals surface area contributed by atoms with Gasteiger partial charge in [-0.3, -0.25) is 14.4 Å². The van der Waals surface area contributed by atoms with E-state index in [1.807, 2.05) is 58.3 Å². The molecule has 51 heavy (non-hydrogen) atoms. The van der Waals surface area contributed by atoms with E-state index in [0.717, 1.165) is 59.5 Å². The fourth-order valence-corrected chi connectivity index (χ4v) is 13.6. The van der Waals surface area contributed by atoms with Gasteiger partial charge in [0.25, 0.3) is 5.91 Å². The zero-order chi connectivity index (χ0) is 36.1. The van der Waals surface area contributed by atoms with Crippen LogP contribution in [0, 0.1) is 5.92 Å². The number of aliphatic hydroxyl groups is 1. The van der Waals surface area contributed by atoms with Crippen molar-refractivity contribution in [2.45, 2.75) is 94.8 Å². The van der Waals surface area contributed by atoms with E-state index < -0.39 is 19.8 Å². The highest BCUT2D eigenvalue weighted by Gasteiger charge is 2.66. The van der Waals surface area contributed by atoms with Crippen LogP contribution >= 0.6 is 0 Å². The van der Waals surface area contributed by atoms with Crippen LogP contribution in [0.25, 0.3) is 0 Å². The summed E-state index contributed by atoms with van der Waals surface area (Å²) >= 11 is 0. The second-order valence-electron chi connectivity index (χ2n) is 15.5. The van der Waals surface area contributed by atoms with E-state index in [4.69, 9.17) is 9.47 Å². The summed E-state index contributed by atoms with van der Waals surface area (Å²) in [6, 6.07) is 21.9. The molecule has 3 aromatic rings. The Morgan fingerprint density at radius 2 is 1.73 bits per heavy atom. The molecule has 2 fully saturated rings. The molecule has 3 aromatic carbocycles. The van der Waals surface area contributed by atoms with Crippen molar-refractivity contribution in [1.82, 2.24) is 4.90 Å². The molecule has 1 spiro atoms. The number of hydrogen-bond acceptors (Lipinski definition) is 6. The Bertz CT molecular complexity index is 1810. The number of carbonyl (C=O) groups is 3. The summed E-state index contributed by atoms with van der Waals surface area (Å²) in [5.74, 6) is 0.389. The number of nitrogens with zero attached hydrogens (tertiary/aromatic N) is 3. The first kappa shape index (κ1) is 35.4. The van der Waals surface area contributed by atoms with Crippen molar-refractivity contribution >= 4 is 42.4 Å². The second kappa shape index (κ2) is 13.9. The van der Waals surface area contributed by atoms with Gasteiger partial charge in [-0.25, -0.2) is 0 Å². The highest BCUT2D eigenvalue weighted by Crippen LogP contribution is 2.60. The van der Waals surface area contributed by atoms with Crippen LogP contribution in [-0.4, -0.2) is 75.3 Å². The number of amides is 3. The minimum absolute atomic E-state index is 0.0821. The van der Waals surface area contributed by atoms with Gasteiger partial charge in [0, 0.05) is 43.7 Å². The van der Waals surface area contributed by atoms with Gasteiger partial charge in [-0.1, -0.05) is 74.4 Å². The third-order valence-corrected chi connectivity index (χ3v) is 16.7. The molecule has 7 rings (SSSR count). The van der Waals surface area contributed by atoms with E-state index in [0.29, 0.717) is 25.9 Å². The Morgan fingerprint density at radius 3 is 2.45 bits per heavy atom. The number of fused-ring (bicyclic) bond motifs is 3. The monoisotopic (exact) mass is 709 g/mol. The molecule has 0 radical (unpaired) electrons. The lowest BCUT2D eigenvalue weighted by atomic mass is 9.82. The lowest BCUT2D eigenvalue weighted by Gasteiger charge is -2.39. The van der Waals surface area contributed by atoms with Crippen molar-refractivity contribution in [2.24, 2.45) is 5.92 Å². The standard InChI is InChI=1S/C41H51N3O6Si/c1-27-39(51(4,5)33-18-16-32(49-3)17-19-33)36(24-38(47)44-25-29-13-10-9-12-28(29)22-31(44)26-45)50-41(27)34-23-30(15-20-35(34)42(2)40(41)48)43-21-11-7-6-8-14-37(43)46/h9-10,12-13,15-20,23,27,31,36,39,45H,6-8,11,14,21-22,24-26H2,1-5H3/t27-,31-,36+,39-,41+/m0/s1. The van der Waals surface area contributed by atoms with Crippen molar-refractivity contribution < 1.29 is 29.0 Å². The average Bonchev–Trinajstić information content (AvgIpc) is 3.54. The van der Waals surface area contributed by atoms with Crippen LogP contribution in [0.2, 0.25) is 18.6 Å². The molecule has 270 valence electrons. The molecular formula is C41H51N3O6Si. The van der Waals surface area contributed by atoms with Crippen molar-refractivity contribution in [3.8, 4) is 5.75 Å². The van der Waals surface area contributed by atoms with E-state index in [9.17, 15) is 19.5 Å². The number of ether oxygens (including phenoxy) is 2. The predicted octanol–water partition coefficient (Wildman–Crippen LogP) is 5.52. The normalized spacial score (nSPS) is 26.6. The molecule has 4 aliphatic rings. The van der Waals surface area contributed by atoms with Gasteiger partial charge in [0.15, 0.2) is 5.60 Å². The van der Waals surface area contributed by atoms with Gasteiger partial charge in [-0.15, -0.1) is 0 Å². The van der Waals surface area contributed by atoms with Crippen LogP contribution in [0.5, 0.6) is 5.75 Å². The number of aliphatic hydroxyl groups excluding tert-OH is 1. The fraction of sp³-hybridized carbons (Fsp3) is 0.488. The lowest BCUT2D eigenvalue weighted by Crippen LogP contribution is -2.52. The Labute approximate surface area is 302 Å². The summed E-state index contributed by atoms with van der Waals surface area (Å²) in [6.07, 6.45) is 4.61. The topological polar surface area (TPSA) is 99.6 Å². The highest BCUT2D eigenvalue weighted by molar-refractivity contribution is 6.91. The third-order valence-electron chi connectivity index (χ3n) is 12.3. The fourth-order valence-electron chi connectivity index (χ4n) is 9.54. The van der Waals surface area contributed by atoms with Crippen LogP contribution in [0.1, 0.15) is 62.1 Å². The maximum Gasteiger partial charge on any atom is 0.264 e. The zero-order valence-corrected chi connectivity index (χ0v) is 31.6. The molecule has 0 aliphatic carbocycles. The Balaban J connectivity index is 1.30. The van der Waals surface area contributed by atoms with E-state index in [1.165, 1.54) is 5.19 Å². The van der Waals surface area contributed by atoms with Gasteiger partial charge in [-0.2, -0.15) is 0 Å². The smallest absolute Gasteiger partial charge is 0.264 e. The first-order valence-corrected chi connectivity index (χ1v) is 21.6. The molecule has 1 N–H and O–H groups in total. The minimum Gasteiger partial charge on any atom is -0.497 e. The van der Waals surface area contributed by atoms with Crippen LogP contribution in [0.4, 0.5) is 11.4 Å². The number of methoxy groups -OCH3 is 1. The van der Waals surface area contributed by atoms with Gasteiger partial charge < -0.3 is 29.3 Å². The lowest BCUT2D eigenvalue weighted by molar-refractivity contribution is -0.150. The van der Waals surface area contributed by atoms with Crippen molar-refractivity contribution in [3.05, 3.63) is 83.4 Å². The molecule has 4 aliphatic heterocycles. The Kier molecular flexibility index (Phi) is 9.62. The number of anilines is 2. The van der Waals surface area contributed by atoms with E-state index in [2.05, 4.69) is 38.2 Å². The summed E-state index contributed by atoms with van der Waals surface area (Å²) in [4.78, 5) is 47.9. The minimum atomic E-state index is -2.48. The predicted molar refractivity (Wildman–Crippen MR) is 201 cm³/mol. The molecular weight excluding hydrogens is 659 g/mol. The highest BCUT2D eigenvalue weighted by atomic mass is 28.3. The molecule has 10 heteroatoms. The molecule has 9 nitrogen and oxygen atoms in total. The molecule has 2 saturated heterocycles. The first-order chi connectivity index (χ1) is 24.5. The van der Waals surface area contributed by atoms with Crippen LogP contribution in [0.3, 0.4) is 0 Å². The summed E-state index contributed by atoms with van der Waals surface area (Å²) < 4.78 is 12.7. The number of rotatable bonds is 7. The van der Waals surface area contributed by atoms with Crippen LogP contribution in [-0.2, 0) is 37.7 Å². The third kappa shape index (κ3) is 5.99. The summed E-state index contributed by atoms with van der Waals surface area (Å²) in [7, 11) is 0.972. The Morgan fingerprint density at radius 1 is 1.00 bits per heavy atom. The Hall–Kier alpha value is -3.99. The van der Waals surface area contributed by atoms with Crippen LogP contribution < -0.4 is 19.7 Å². The van der Waals surface area contributed by atoms with Crippen LogP contribution in [0.15, 0.2) is 66.7 Å². The maximum atomic E-state index is 14.7. The van der Waals surface area contributed by atoms with E-state index in [-0.39, 0.29) is 48.3 Å². The van der Waals surface area contributed by atoms with Gasteiger partial charge in [0.05, 0.1) is 46.0 Å². The number of hydrogen-bond donors (Lipinski definition) is 1. The second-order valence-corrected chi connectivity index (χ2v) is 20.2. The van der Waals surface area contributed by atoms with Gasteiger partial charge in [0.1, 0.15) is 5.75 Å². The number of carbonyl (C=O) groups excluding carboxylic acids is 3. The molecule has 3 amide bonds. The molecule has 0 saturated carbocycles. The van der Waals surface area contributed by atoms with Crippen molar-refractivity contribution in [3.63, 3.8) is 0 Å². The molecule has 0 bridgehead atoms. The van der Waals surface area contributed by atoms with Gasteiger partial charge in [-0.05, 0) is 66.3 Å². The maximum absolute atomic E-state index is 14.7. The molecule has 0 unspecified atom stereocenters. The first-order valence-electron chi connectivity index (χ1n) is 18.5. The number of benzene rings is 3. The van der Waals surface area contributed by atoms with E-state index >= 15 is 0 Å². The van der Waals surface area contributed by atoms with E-state index in [1.54, 1.807) is 19.1 Å². The number of likely N-dealkylation sites (N-methyl/N-ethyl adjacent to an activating group) is 1. The van der Waals surface area contributed by atoms with Gasteiger partial charge in [0.2, 0.25) is 11.8 Å². The van der Waals surface area contributed by atoms with Crippen molar-refractivity contribution in [2.75, 3.05) is 37.1 Å². The summed E-state index contributed by atoms with van der Waals surface area (Å²) in [6.45, 7) is 7.68. The molecule has 4 heterocycles. The summed E-state index contributed by atoms with van der Waals surface area (Å²) in [5.41, 5.74) is 3.15. The summed E-state index contributed by atoms with van der Waals surface area (Å²) in [5, 5.41) is 11.6. The quantitative estimate of drug-likeness (QED) is 0.325. The largest absolute Gasteiger partial charge is 0.497 e.